The summed E-state index contributed by atoms with van der Waals surface area (Å²) in [5, 5.41) is 0. The Kier molecular flexibility index (Phi) is 15.3. The summed E-state index contributed by atoms with van der Waals surface area (Å²) in [5.41, 5.74) is 6.41. The number of rotatable bonds is 17. The molecule has 0 aromatic carbocycles. The predicted octanol–water partition coefficient (Wildman–Crippen LogP) is 6.82. The van der Waals surface area contributed by atoms with Crippen LogP contribution in [0.25, 0.3) is 0 Å². The zero-order valence-corrected chi connectivity index (χ0v) is 17.2. The summed E-state index contributed by atoms with van der Waals surface area (Å²) in [7, 11) is 0. The second kappa shape index (κ2) is 18.1. The zero-order valence-electron chi connectivity index (χ0n) is 17.2. The number of unbranched alkanes of at least 4 members (excludes halogenated alkanes) is 5. The summed E-state index contributed by atoms with van der Waals surface area (Å²) in [4.78, 5) is 10.6. The van der Waals surface area contributed by atoms with Crippen LogP contribution >= 0.6 is 0 Å². The number of carbonyl (C=O) groups excluding carboxylic acids is 1. The van der Waals surface area contributed by atoms with Gasteiger partial charge in [-0.1, -0.05) is 61.4 Å². The Hall–Kier alpha value is -2.29. The average Bonchev–Trinajstić information content (AvgIpc) is 3.19. The van der Waals surface area contributed by atoms with Crippen LogP contribution in [0.15, 0.2) is 71.6 Å². The SMILES string of the molecule is NC(=O)CCC/C=C\C/C=C\C/C=C\C/C=C\CCCCCCc1ccoc1. The van der Waals surface area contributed by atoms with Gasteiger partial charge in [0.15, 0.2) is 0 Å². The molecule has 0 saturated carbocycles. The number of carbonyl (C=O) groups is 1. The fraction of sp³-hybridized carbons (Fsp3) is 0.480. The Morgan fingerprint density at radius 3 is 1.93 bits per heavy atom. The van der Waals surface area contributed by atoms with Crippen molar-refractivity contribution in [2.45, 2.75) is 77.0 Å². The van der Waals surface area contributed by atoms with E-state index in [0.717, 1.165) is 38.5 Å². The minimum absolute atomic E-state index is 0.216. The van der Waals surface area contributed by atoms with Gasteiger partial charge in [-0.3, -0.25) is 4.79 Å². The largest absolute Gasteiger partial charge is 0.472 e. The molecule has 0 radical (unpaired) electrons. The van der Waals surface area contributed by atoms with Gasteiger partial charge in [-0.2, -0.15) is 0 Å². The molecule has 154 valence electrons. The molecule has 0 bridgehead atoms. The van der Waals surface area contributed by atoms with Gasteiger partial charge in [0, 0.05) is 6.42 Å². The minimum atomic E-state index is -0.216. The molecule has 28 heavy (non-hydrogen) atoms. The molecule has 0 saturated heterocycles. The van der Waals surface area contributed by atoms with Crippen LogP contribution in [0.3, 0.4) is 0 Å². The lowest BCUT2D eigenvalue weighted by Gasteiger charge is -1.98. The van der Waals surface area contributed by atoms with Gasteiger partial charge in [0.05, 0.1) is 12.5 Å². The molecule has 0 unspecified atom stereocenters. The molecule has 3 heteroatoms. The first-order chi connectivity index (χ1) is 13.8. The third-order valence-electron chi connectivity index (χ3n) is 4.44. The van der Waals surface area contributed by atoms with Crippen molar-refractivity contribution in [3.05, 3.63) is 72.8 Å². The molecule has 1 heterocycles. The van der Waals surface area contributed by atoms with Crippen LogP contribution in [0.4, 0.5) is 0 Å². The van der Waals surface area contributed by atoms with Crippen molar-refractivity contribution >= 4 is 5.91 Å². The van der Waals surface area contributed by atoms with Gasteiger partial charge in [0.25, 0.3) is 0 Å². The van der Waals surface area contributed by atoms with Crippen LogP contribution in [-0.2, 0) is 11.2 Å². The maximum Gasteiger partial charge on any atom is 0.217 e. The smallest absolute Gasteiger partial charge is 0.217 e. The molecule has 0 aliphatic heterocycles. The molecule has 1 aromatic heterocycles. The molecule has 0 aliphatic carbocycles. The number of furan rings is 1. The van der Waals surface area contributed by atoms with Crippen LogP contribution in [0, 0.1) is 0 Å². The van der Waals surface area contributed by atoms with Crippen LogP contribution in [0.5, 0.6) is 0 Å². The van der Waals surface area contributed by atoms with E-state index in [2.05, 4.69) is 54.7 Å². The van der Waals surface area contributed by atoms with E-state index in [4.69, 9.17) is 10.2 Å². The number of nitrogens with two attached hydrogens (primary N) is 1. The van der Waals surface area contributed by atoms with Gasteiger partial charge >= 0.3 is 0 Å². The van der Waals surface area contributed by atoms with Gasteiger partial charge in [-0.15, -0.1) is 0 Å². The zero-order chi connectivity index (χ0) is 20.1. The Bertz CT molecular complexity index is 594. The number of hydrogen-bond acceptors (Lipinski definition) is 2. The molecule has 0 aliphatic rings. The predicted molar refractivity (Wildman–Crippen MR) is 119 cm³/mol. The van der Waals surface area contributed by atoms with Crippen molar-refractivity contribution in [1.29, 1.82) is 0 Å². The van der Waals surface area contributed by atoms with E-state index in [1.165, 1.54) is 37.7 Å². The molecule has 0 spiro atoms. The lowest BCUT2D eigenvalue weighted by Crippen LogP contribution is -2.09. The second-order valence-corrected chi connectivity index (χ2v) is 7.04. The van der Waals surface area contributed by atoms with Crippen molar-refractivity contribution in [1.82, 2.24) is 0 Å². The standard InChI is InChI=1S/C25H37NO2/c26-25(27)20-18-16-14-12-10-8-6-4-2-1-3-5-7-9-11-13-15-17-19-24-21-22-28-23-24/h1-2,5-8,12,14,21-23H,3-4,9-11,13,15-20H2,(H2,26,27)/b2-1-,7-5-,8-6-,14-12-. The van der Waals surface area contributed by atoms with Crippen molar-refractivity contribution in [2.75, 3.05) is 0 Å². The van der Waals surface area contributed by atoms with E-state index in [1.807, 2.05) is 6.26 Å². The first kappa shape index (κ1) is 23.7. The Morgan fingerprint density at radius 1 is 0.786 bits per heavy atom. The number of aryl methyl sites for hydroxylation is 1. The van der Waals surface area contributed by atoms with Crippen molar-refractivity contribution < 1.29 is 9.21 Å². The molecule has 1 amide bonds. The topological polar surface area (TPSA) is 56.2 Å². The maximum atomic E-state index is 10.6. The molecule has 1 rings (SSSR count). The van der Waals surface area contributed by atoms with Gasteiger partial charge in [0.2, 0.25) is 5.91 Å². The minimum Gasteiger partial charge on any atom is -0.472 e. The molecule has 3 nitrogen and oxygen atoms in total. The van der Waals surface area contributed by atoms with E-state index in [-0.39, 0.29) is 5.91 Å². The molecule has 0 fully saturated rings. The normalized spacial score (nSPS) is 12.3. The summed E-state index contributed by atoms with van der Waals surface area (Å²) in [5.74, 6) is -0.216. The quantitative estimate of drug-likeness (QED) is 0.237. The Labute approximate surface area is 171 Å². The van der Waals surface area contributed by atoms with E-state index >= 15 is 0 Å². The van der Waals surface area contributed by atoms with Crippen molar-refractivity contribution in [3.63, 3.8) is 0 Å². The highest BCUT2D eigenvalue weighted by molar-refractivity contribution is 5.73. The second-order valence-electron chi connectivity index (χ2n) is 7.04. The molecule has 1 aromatic rings. The number of allylic oxidation sites excluding steroid dienone is 8. The van der Waals surface area contributed by atoms with Gasteiger partial charge in [-0.25, -0.2) is 0 Å². The van der Waals surface area contributed by atoms with E-state index in [9.17, 15) is 4.79 Å². The molecular formula is C25H37NO2. The summed E-state index contributed by atoms with van der Waals surface area (Å²) < 4.78 is 5.08. The van der Waals surface area contributed by atoms with Crippen LogP contribution in [-0.4, -0.2) is 5.91 Å². The molecular weight excluding hydrogens is 346 g/mol. The fourth-order valence-electron chi connectivity index (χ4n) is 2.82. The maximum absolute atomic E-state index is 10.6. The monoisotopic (exact) mass is 383 g/mol. The summed E-state index contributed by atoms with van der Waals surface area (Å²) in [6.45, 7) is 0. The number of hydrogen-bond donors (Lipinski definition) is 1. The van der Waals surface area contributed by atoms with Crippen LogP contribution < -0.4 is 5.73 Å². The van der Waals surface area contributed by atoms with Crippen LogP contribution in [0.2, 0.25) is 0 Å². The van der Waals surface area contributed by atoms with E-state index in [1.54, 1.807) is 6.26 Å². The summed E-state index contributed by atoms with van der Waals surface area (Å²) in [6.07, 6.45) is 33.9. The highest BCUT2D eigenvalue weighted by atomic mass is 16.3. The first-order valence-corrected chi connectivity index (χ1v) is 10.7. The van der Waals surface area contributed by atoms with E-state index in [0.29, 0.717) is 6.42 Å². The highest BCUT2D eigenvalue weighted by Crippen LogP contribution is 2.09. The number of amides is 1. The Morgan fingerprint density at radius 2 is 1.36 bits per heavy atom. The van der Waals surface area contributed by atoms with E-state index < -0.39 is 0 Å². The van der Waals surface area contributed by atoms with Crippen molar-refractivity contribution in [2.24, 2.45) is 5.73 Å². The molecule has 0 atom stereocenters. The van der Waals surface area contributed by atoms with Gasteiger partial charge in [-0.05, 0) is 69.4 Å². The lowest BCUT2D eigenvalue weighted by molar-refractivity contribution is -0.118. The third-order valence-corrected chi connectivity index (χ3v) is 4.44. The van der Waals surface area contributed by atoms with Crippen LogP contribution in [0.1, 0.15) is 76.2 Å². The van der Waals surface area contributed by atoms with Gasteiger partial charge in [0.1, 0.15) is 0 Å². The summed E-state index contributed by atoms with van der Waals surface area (Å²) in [6, 6.07) is 2.06. The van der Waals surface area contributed by atoms with Gasteiger partial charge < -0.3 is 10.2 Å². The highest BCUT2D eigenvalue weighted by Gasteiger charge is 1.94. The summed E-state index contributed by atoms with van der Waals surface area (Å²) >= 11 is 0. The lowest BCUT2D eigenvalue weighted by atomic mass is 10.1. The van der Waals surface area contributed by atoms with Crippen molar-refractivity contribution in [3.8, 4) is 0 Å². The fourth-order valence-corrected chi connectivity index (χ4v) is 2.82. The first-order valence-electron chi connectivity index (χ1n) is 10.7. The third kappa shape index (κ3) is 15.9. The molecule has 2 N–H and O–H groups in total. The Balaban J connectivity index is 1.85. The average molecular weight is 384 g/mol. The number of primary amides is 1.